The maximum atomic E-state index is 13.9. The van der Waals surface area contributed by atoms with E-state index in [1.165, 1.54) is 15.8 Å². The summed E-state index contributed by atoms with van der Waals surface area (Å²) in [7, 11) is 0. The van der Waals surface area contributed by atoms with Gasteiger partial charge in [-0.3, -0.25) is 43.3 Å². The highest BCUT2D eigenvalue weighted by Crippen LogP contribution is 2.31. The third-order valence-electron chi connectivity index (χ3n) is 9.71. The lowest BCUT2D eigenvalue weighted by molar-refractivity contribution is -0.119. The van der Waals surface area contributed by atoms with Crippen molar-refractivity contribution < 1.29 is 32.6 Å². The molecule has 4 bridgehead atoms. The summed E-state index contributed by atoms with van der Waals surface area (Å²) in [5, 5.41) is 3.51. The van der Waals surface area contributed by atoms with E-state index >= 15 is 0 Å². The van der Waals surface area contributed by atoms with E-state index in [0.29, 0.717) is 37.1 Å². The average molecular weight is 887 g/mol. The van der Waals surface area contributed by atoms with Crippen molar-refractivity contribution in [2.45, 2.75) is 44.8 Å². The van der Waals surface area contributed by atoms with Gasteiger partial charge in [-0.25, -0.2) is 8.78 Å². The Bertz CT molecular complexity index is 2240. The Morgan fingerprint density at radius 1 is 0.600 bits per heavy atom. The van der Waals surface area contributed by atoms with Gasteiger partial charge in [0.25, 0.3) is 17.7 Å². The number of rotatable bonds is 6. The summed E-state index contributed by atoms with van der Waals surface area (Å²) >= 11 is 6.48. The maximum absolute atomic E-state index is 13.9. The topological polar surface area (TPSA) is 127 Å². The first-order chi connectivity index (χ1) is 26.4. The van der Waals surface area contributed by atoms with Crippen LogP contribution in [0, 0.1) is 0 Å². The highest BCUT2D eigenvalue weighted by molar-refractivity contribution is 9.10. The number of carbonyl (C=O) groups excluding carboxylic acids is 3. The van der Waals surface area contributed by atoms with Crippen molar-refractivity contribution in [3.05, 3.63) is 125 Å². The lowest BCUT2D eigenvalue weighted by atomic mass is 10.1. The molecule has 4 aromatic rings. The molecule has 2 fully saturated rings. The van der Waals surface area contributed by atoms with Crippen molar-refractivity contribution in [3.8, 4) is 11.5 Å². The van der Waals surface area contributed by atoms with Crippen LogP contribution >= 0.6 is 31.9 Å². The number of hydrogen-bond donors (Lipinski definition) is 0. The quantitative estimate of drug-likeness (QED) is 0.267. The Hall–Kier alpha value is -5.03. The molecule has 6 heterocycles. The van der Waals surface area contributed by atoms with E-state index in [9.17, 15) is 32.8 Å². The predicted octanol–water partition coefficient (Wildman–Crippen LogP) is 4.87. The second kappa shape index (κ2) is 16.0. The second-order valence-corrected chi connectivity index (χ2v) is 15.2. The van der Waals surface area contributed by atoms with Crippen molar-refractivity contribution >= 4 is 49.5 Å². The summed E-state index contributed by atoms with van der Waals surface area (Å²) in [6.45, 7) is 1.67. The van der Waals surface area contributed by atoms with Gasteiger partial charge in [-0.15, -0.1) is 0 Å². The van der Waals surface area contributed by atoms with Gasteiger partial charge in [0.05, 0.1) is 8.95 Å². The number of alkyl halides is 2. The van der Waals surface area contributed by atoms with Gasteiger partial charge < -0.3 is 19.3 Å². The van der Waals surface area contributed by atoms with E-state index in [0.717, 1.165) is 11.1 Å². The molecule has 55 heavy (non-hydrogen) atoms. The normalized spacial score (nSPS) is 17.5. The first-order valence-corrected chi connectivity index (χ1v) is 19.2. The van der Waals surface area contributed by atoms with Gasteiger partial charge in [-0.1, -0.05) is 60.7 Å². The molecule has 0 spiro atoms. The van der Waals surface area contributed by atoms with Crippen molar-refractivity contribution in [1.82, 2.24) is 19.2 Å². The lowest BCUT2D eigenvalue weighted by Gasteiger charge is -2.42. The van der Waals surface area contributed by atoms with Crippen LogP contribution in [0.15, 0.2) is 91.6 Å². The van der Waals surface area contributed by atoms with Crippen LogP contribution in [0.3, 0.4) is 0 Å². The predicted molar refractivity (Wildman–Crippen MR) is 205 cm³/mol. The molecule has 0 N–H and O–H groups in total. The van der Waals surface area contributed by atoms with Crippen LogP contribution in [0.25, 0.3) is 0 Å². The third-order valence-corrected chi connectivity index (χ3v) is 10.8. The smallest absolute Gasteiger partial charge is 0.277 e. The summed E-state index contributed by atoms with van der Waals surface area (Å²) in [5.41, 5.74) is 1.22. The number of fused-ring (bicyclic) bond motifs is 8. The van der Waals surface area contributed by atoms with Gasteiger partial charge in [0.2, 0.25) is 10.9 Å². The molecule has 0 saturated carbocycles. The zero-order valence-corrected chi connectivity index (χ0v) is 32.6. The Labute approximate surface area is 330 Å². The van der Waals surface area contributed by atoms with Crippen molar-refractivity contribution in [2.24, 2.45) is 0 Å². The van der Waals surface area contributed by atoms with Crippen molar-refractivity contribution in [3.63, 3.8) is 0 Å². The molecule has 17 heteroatoms. The molecule has 0 atom stereocenters. The standard InChI is InChI=1S/C19H18BrF2N3O3.C19H18BrN3O4/c20-14-10-25-15(17(16(14)26)28-11-13-4-2-1-3-5-13)18(27)23-8-6-19(21,22)7-9-24(25)12-23;20-15-10-23-16(18(17(15)25)27-11-13-4-2-1-3-5-13)19(26)21-8-6-14(24)7-9-22(23)12-21/h1-5,10H,6-9,11-12H2;1-5,10H,6-9,11-12H2. The van der Waals surface area contributed by atoms with Crippen LogP contribution in [0.2, 0.25) is 0 Å². The number of ketones is 1. The number of benzene rings is 2. The molecule has 0 aliphatic carbocycles. The van der Waals surface area contributed by atoms with E-state index in [-0.39, 0.29) is 83.9 Å². The van der Waals surface area contributed by atoms with Crippen molar-refractivity contribution in [2.75, 3.05) is 49.5 Å². The molecular formula is C38H36Br2F2N6O7. The zero-order valence-electron chi connectivity index (χ0n) is 29.5. The highest BCUT2D eigenvalue weighted by Gasteiger charge is 2.40. The molecule has 13 nitrogen and oxygen atoms in total. The Morgan fingerprint density at radius 2 is 1.04 bits per heavy atom. The van der Waals surface area contributed by atoms with Crippen LogP contribution in [-0.2, 0) is 18.0 Å². The van der Waals surface area contributed by atoms with E-state index in [1.54, 1.807) is 20.8 Å². The number of ether oxygens (including phenoxy) is 2. The summed E-state index contributed by atoms with van der Waals surface area (Å²) in [5.74, 6) is -3.54. The fraction of sp³-hybridized carbons (Fsp3) is 0.342. The number of hydrogen-bond acceptors (Lipinski definition) is 9. The number of halogens is 4. The lowest BCUT2D eigenvalue weighted by Crippen LogP contribution is -2.57. The van der Waals surface area contributed by atoms with E-state index in [1.807, 2.05) is 65.7 Å². The Kier molecular flexibility index (Phi) is 11.1. The van der Waals surface area contributed by atoms with Gasteiger partial charge in [-0.2, -0.15) is 0 Å². The number of pyridine rings is 2. The average Bonchev–Trinajstić information content (AvgIpc) is 3.16. The highest BCUT2D eigenvalue weighted by atomic mass is 79.9. The monoisotopic (exact) mass is 884 g/mol. The molecular weight excluding hydrogens is 850 g/mol. The van der Waals surface area contributed by atoms with E-state index < -0.39 is 23.7 Å². The minimum absolute atomic E-state index is 0.0276. The van der Waals surface area contributed by atoms with Crippen LogP contribution < -0.4 is 30.3 Å². The molecule has 2 saturated heterocycles. The number of carbonyl (C=O) groups is 3. The van der Waals surface area contributed by atoms with Gasteiger partial charge in [0.1, 0.15) is 32.3 Å². The van der Waals surface area contributed by atoms with Crippen molar-refractivity contribution in [1.29, 1.82) is 0 Å². The number of aromatic nitrogens is 2. The Morgan fingerprint density at radius 3 is 1.55 bits per heavy atom. The van der Waals surface area contributed by atoms with E-state index in [2.05, 4.69) is 31.9 Å². The molecule has 288 valence electrons. The molecule has 2 aromatic heterocycles. The third kappa shape index (κ3) is 8.17. The summed E-state index contributed by atoms with van der Waals surface area (Å²) in [4.78, 5) is 66.2. The first kappa shape index (κ1) is 38.3. The summed E-state index contributed by atoms with van der Waals surface area (Å²) < 4.78 is 43.1. The molecule has 2 amide bonds. The number of nitrogens with zero attached hydrogens (tertiary/aromatic N) is 6. The van der Waals surface area contributed by atoms with Gasteiger partial charge >= 0.3 is 0 Å². The fourth-order valence-electron chi connectivity index (χ4n) is 6.68. The first-order valence-electron chi connectivity index (χ1n) is 17.6. The molecule has 4 aliphatic heterocycles. The minimum Gasteiger partial charge on any atom is -0.482 e. The molecule has 8 rings (SSSR count). The van der Waals surface area contributed by atoms with Crippen LogP contribution in [0.5, 0.6) is 11.5 Å². The minimum atomic E-state index is -2.84. The largest absolute Gasteiger partial charge is 0.482 e. The van der Waals surface area contributed by atoms with Crippen LogP contribution in [0.1, 0.15) is 57.8 Å². The Balaban J connectivity index is 0.000000169. The zero-order chi connectivity index (χ0) is 38.9. The fourth-order valence-corrected chi connectivity index (χ4v) is 7.43. The van der Waals surface area contributed by atoms with Gasteiger partial charge in [-0.05, 0) is 43.0 Å². The summed E-state index contributed by atoms with van der Waals surface area (Å²) in [6, 6.07) is 18.7. The molecule has 4 aliphatic rings. The molecule has 0 unspecified atom stereocenters. The number of Topliss-reactive ketones (excluding diaryl/α,β-unsaturated/α-hetero) is 1. The van der Waals surface area contributed by atoms with Crippen LogP contribution in [0.4, 0.5) is 8.78 Å². The molecule has 0 radical (unpaired) electrons. The van der Waals surface area contributed by atoms with Gasteiger partial charge in [0.15, 0.2) is 22.9 Å². The van der Waals surface area contributed by atoms with E-state index in [4.69, 9.17) is 9.47 Å². The molecule has 2 aromatic carbocycles. The maximum Gasteiger partial charge on any atom is 0.277 e. The van der Waals surface area contributed by atoms with Crippen LogP contribution in [-0.4, -0.2) is 82.2 Å². The number of amides is 2. The second-order valence-electron chi connectivity index (χ2n) is 13.5. The van der Waals surface area contributed by atoms with Gasteiger partial charge in [0, 0.05) is 64.3 Å². The summed E-state index contributed by atoms with van der Waals surface area (Å²) in [6.07, 6.45) is 3.05. The SMILES string of the molecule is O=C1CCN2CN(CC1)n1cc(Br)c(=O)c(OCc3ccccc3)c1C2=O.O=C1c2c(OCc3ccccc3)c(=O)c(Br)cn2N2CCC(F)(F)CCN1C2.